The predicted molar refractivity (Wildman–Crippen MR) is 187 cm³/mol. The quantitative estimate of drug-likeness (QED) is 0.0956. The summed E-state index contributed by atoms with van der Waals surface area (Å²) in [6.45, 7) is 0. The Balaban J connectivity index is 1.15. The Hall–Kier alpha value is -5.71. The molecule has 10 heteroatoms. The summed E-state index contributed by atoms with van der Waals surface area (Å²) in [6, 6.07) is 38.5. The number of carbonyl (C=O) groups excluding carboxylic acids is 3. The lowest BCUT2D eigenvalue weighted by Gasteiger charge is -2.16. The lowest BCUT2D eigenvalue weighted by molar-refractivity contribution is -0.116. The van der Waals surface area contributed by atoms with Crippen LogP contribution >= 0.6 is 23.1 Å². The van der Waals surface area contributed by atoms with Gasteiger partial charge in [-0.15, -0.1) is 23.1 Å². The van der Waals surface area contributed by atoms with Crippen molar-refractivity contribution in [2.45, 2.75) is 10.1 Å². The maximum absolute atomic E-state index is 13.6. The van der Waals surface area contributed by atoms with E-state index in [1.165, 1.54) is 35.4 Å². The number of furan rings is 1. The average molecular weight is 657 g/mol. The molecule has 0 aliphatic heterocycles. The van der Waals surface area contributed by atoms with Gasteiger partial charge in [-0.1, -0.05) is 78.9 Å². The zero-order valence-electron chi connectivity index (χ0n) is 24.8. The van der Waals surface area contributed by atoms with Gasteiger partial charge >= 0.3 is 0 Å². The first kappa shape index (κ1) is 31.3. The predicted octanol–water partition coefficient (Wildman–Crippen LogP) is 8.28. The molecule has 4 aromatic carbocycles. The summed E-state index contributed by atoms with van der Waals surface area (Å²) in [6.07, 6.45) is 2.95. The molecule has 0 fully saturated rings. The molecule has 0 saturated carbocycles. The van der Waals surface area contributed by atoms with Crippen molar-refractivity contribution in [3.8, 4) is 11.3 Å². The third kappa shape index (κ3) is 8.31. The highest BCUT2D eigenvalue weighted by Crippen LogP contribution is 2.37. The van der Waals surface area contributed by atoms with Gasteiger partial charge in [0.2, 0.25) is 5.91 Å². The average Bonchev–Trinajstić information content (AvgIpc) is 3.81. The summed E-state index contributed by atoms with van der Waals surface area (Å²) >= 11 is 2.76. The third-order valence-electron chi connectivity index (χ3n) is 6.87. The Morgan fingerprint density at radius 2 is 1.45 bits per heavy atom. The van der Waals surface area contributed by atoms with Gasteiger partial charge in [-0.05, 0) is 54.1 Å². The van der Waals surface area contributed by atoms with Gasteiger partial charge in [-0.3, -0.25) is 14.4 Å². The molecule has 0 radical (unpaired) electrons. The number of thioether (sulfide) groups is 1. The summed E-state index contributed by atoms with van der Waals surface area (Å²) < 4.78 is 5.37. The fourth-order valence-corrected chi connectivity index (χ4v) is 6.30. The van der Waals surface area contributed by atoms with E-state index in [4.69, 9.17) is 4.42 Å². The first-order chi connectivity index (χ1) is 23.0. The number of amides is 3. The number of carbonyl (C=O) groups is 3. The van der Waals surface area contributed by atoms with Crippen molar-refractivity contribution < 1.29 is 18.8 Å². The summed E-state index contributed by atoms with van der Waals surface area (Å²) in [5.74, 6) is -0.737. The van der Waals surface area contributed by atoms with E-state index in [2.05, 4.69) is 20.9 Å². The molecule has 47 heavy (non-hydrogen) atoms. The van der Waals surface area contributed by atoms with E-state index >= 15 is 0 Å². The SMILES string of the molecule is O=C(Nc1ccc(SC(C(=O)Nc2nc(-c3ccccc3)cs2)c2ccccc2)cc1)/C(=C/c1ccco1)NC(=O)c1ccccc1. The van der Waals surface area contributed by atoms with E-state index in [9.17, 15) is 14.4 Å². The number of hydrogen-bond donors (Lipinski definition) is 3. The molecule has 2 heterocycles. The summed E-state index contributed by atoms with van der Waals surface area (Å²) in [5, 5.41) is 10.4. The van der Waals surface area contributed by atoms with Crippen LogP contribution in [0.5, 0.6) is 0 Å². The van der Waals surface area contributed by atoms with Gasteiger partial charge in [0.05, 0.1) is 12.0 Å². The lowest BCUT2D eigenvalue weighted by Crippen LogP contribution is -2.30. The smallest absolute Gasteiger partial charge is 0.272 e. The maximum Gasteiger partial charge on any atom is 0.272 e. The molecule has 0 saturated heterocycles. The van der Waals surface area contributed by atoms with Crippen molar-refractivity contribution in [1.82, 2.24) is 10.3 Å². The molecule has 1 unspecified atom stereocenters. The third-order valence-corrected chi connectivity index (χ3v) is 8.89. The van der Waals surface area contributed by atoms with Gasteiger partial charge in [0.15, 0.2) is 5.13 Å². The van der Waals surface area contributed by atoms with E-state index in [0.717, 1.165) is 21.7 Å². The van der Waals surface area contributed by atoms with Gasteiger partial charge < -0.3 is 20.4 Å². The highest BCUT2D eigenvalue weighted by Gasteiger charge is 2.23. The number of aromatic nitrogens is 1. The topological polar surface area (TPSA) is 113 Å². The summed E-state index contributed by atoms with van der Waals surface area (Å²) in [4.78, 5) is 45.2. The molecule has 0 spiro atoms. The van der Waals surface area contributed by atoms with Crippen LogP contribution in [0.25, 0.3) is 17.3 Å². The van der Waals surface area contributed by atoms with Crippen molar-refractivity contribution in [3.05, 3.63) is 162 Å². The van der Waals surface area contributed by atoms with Gasteiger partial charge in [0.1, 0.15) is 16.7 Å². The Morgan fingerprint density at radius 3 is 2.13 bits per heavy atom. The minimum absolute atomic E-state index is 0.0191. The Morgan fingerprint density at radius 1 is 0.766 bits per heavy atom. The maximum atomic E-state index is 13.6. The molecule has 3 amide bonds. The van der Waals surface area contributed by atoms with Gasteiger partial charge in [0.25, 0.3) is 11.8 Å². The van der Waals surface area contributed by atoms with E-state index in [1.54, 1.807) is 48.5 Å². The van der Waals surface area contributed by atoms with E-state index < -0.39 is 17.1 Å². The van der Waals surface area contributed by atoms with Crippen LogP contribution in [0.1, 0.15) is 26.9 Å². The second-order valence-electron chi connectivity index (χ2n) is 10.2. The van der Waals surface area contributed by atoms with Crippen LogP contribution in [0, 0.1) is 0 Å². The minimum Gasteiger partial charge on any atom is -0.465 e. The number of hydrogen-bond acceptors (Lipinski definition) is 7. The van der Waals surface area contributed by atoms with Crippen molar-refractivity contribution in [2.24, 2.45) is 0 Å². The lowest BCUT2D eigenvalue weighted by atomic mass is 10.1. The second kappa shape index (κ2) is 15.0. The summed E-state index contributed by atoms with van der Waals surface area (Å²) in [7, 11) is 0. The fourth-order valence-electron chi connectivity index (χ4n) is 4.55. The standard InChI is InChI=1S/C37H28N4O4S2/c42-34(27-15-8-3-9-16-27)39-31(23-29-17-10-22-45-29)35(43)38-28-18-20-30(21-19-28)47-33(26-13-6-2-7-14-26)36(44)41-37-40-32(24-46-37)25-11-4-1-5-12-25/h1-24,33H,(H,38,43)(H,39,42)(H,40,41,44)/b31-23-. The largest absolute Gasteiger partial charge is 0.465 e. The van der Waals surface area contributed by atoms with Crippen molar-refractivity contribution in [2.75, 3.05) is 10.6 Å². The van der Waals surface area contributed by atoms with Crippen LogP contribution < -0.4 is 16.0 Å². The molecule has 6 aromatic rings. The van der Waals surface area contributed by atoms with Crippen LogP contribution in [0.2, 0.25) is 0 Å². The van der Waals surface area contributed by atoms with Crippen LogP contribution in [-0.4, -0.2) is 22.7 Å². The Kier molecular flexibility index (Phi) is 10.0. The highest BCUT2D eigenvalue weighted by atomic mass is 32.2. The zero-order valence-corrected chi connectivity index (χ0v) is 26.5. The Labute approximate surface area is 279 Å². The summed E-state index contributed by atoms with van der Waals surface area (Å²) in [5.41, 5.74) is 3.56. The number of thiazole rings is 1. The molecule has 0 bridgehead atoms. The number of rotatable bonds is 11. The first-order valence-corrected chi connectivity index (χ1v) is 16.3. The fraction of sp³-hybridized carbons (Fsp3) is 0.0270. The van der Waals surface area contributed by atoms with E-state index in [-0.39, 0.29) is 11.6 Å². The normalized spacial score (nSPS) is 11.8. The van der Waals surface area contributed by atoms with Gasteiger partial charge in [-0.25, -0.2) is 4.98 Å². The van der Waals surface area contributed by atoms with Crippen LogP contribution in [0.3, 0.4) is 0 Å². The number of anilines is 2. The molecule has 0 aliphatic rings. The van der Waals surface area contributed by atoms with Gasteiger partial charge in [-0.2, -0.15) is 0 Å². The molecular weight excluding hydrogens is 629 g/mol. The van der Waals surface area contributed by atoms with Crippen LogP contribution in [0.4, 0.5) is 10.8 Å². The molecular formula is C37H28N4O4S2. The molecule has 6 rings (SSSR count). The molecule has 0 aliphatic carbocycles. The molecule has 232 valence electrons. The monoisotopic (exact) mass is 656 g/mol. The number of benzene rings is 4. The number of nitrogens with one attached hydrogen (secondary N) is 3. The second-order valence-corrected chi connectivity index (χ2v) is 12.2. The molecule has 2 aromatic heterocycles. The molecule has 3 N–H and O–H groups in total. The van der Waals surface area contributed by atoms with Gasteiger partial charge in [0, 0.05) is 33.2 Å². The highest BCUT2D eigenvalue weighted by molar-refractivity contribution is 8.00. The van der Waals surface area contributed by atoms with Crippen molar-refractivity contribution in [1.29, 1.82) is 0 Å². The van der Waals surface area contributed by atoms with Crippen molar-refractivity contribution >= 4 is 57.7 Å². The first-order valence-electron chi connectivity index (χ1n) is 14.6. The number of nitrogens with zero attached hydrogens (tertiary/aromatic N) is 1. The van der Waals surface area contributed by atoms with E-state index in [0.29, 0.717) is 22.1 Å². The molecule has 8 nitrogen and oxygen atoms in total. The molecule has 1 atom stereocenters. The van der Waals surface area contributed by atoms with Crippen molar-refractivity contribution in [3.63, 3.8) is 0 Å². The van der Waals surface area contributed by atoms with E-state index in [1.807, 2.05) is 84.2 Å². The Bertz CT molecular complexity index is 1980. The van der Waals surface area contributed by atoms with Crippen LogP contribution in [0.15, 0.2) is 154 Å². The minimum atomic E-state index is -0.559. The zero-order chi connectivity index (χ0) is 32.4. The van der Waals surface area contributed by atoms with Crippen LogP contribution in [-0.2, 0) is 9.59 Å².